The normalized spacial score (nSPS) is 13.7. The summed E-state index contributed by atoms with van der Waals surface area (Å²) >= 11 is 0. The monoisotopic (exact) mass is 212 g/mol. The van der Waals surface area contributed by atoms with Crippen molar-refractivity contribution in [1.82, 2.24) is 0 Å². The van der Waals surface area contributed by atoms with Gasteiger partial charge in [0.25, 0.3) is 0 Å². The van der Waals surface area contributed by atoms with Gasteiger partial charge in [-0.2, -0.15) is 0 Å². The fraction of sp³-hybridized carbons (Fsp3) is 0.769. The lowest BCUT2D eigenvalue weighted by molar-refractivity contribution is -0.140. The van der Waals surface area contributed by atoms with Crippen molar-refractivity contribution in [3.05, 3.63) is 11.6 Å². The molecule has 0 radical (unpaired) electrons. The van der Waals surface area contributed by atoms with Crippen LogP contribution in [0.2, 0.25) is 0 Å². The van der Waals surface area contributed by atoms with E-state index in [0.717, 1.165) is 12.8 Å². The maximum absolute atomic E-state index is 11.4. The maximum atomic E-state index is 11.4. The summed E-state index contributed by atoms with van der Waals surface area (Å²) in [6, 6.07) is 0. The van der Waals surface area contributed by atoms with Gasteiger partial charge in [-0.15, -0.1) is 0 Å². The van der Waals surface area contributed by atoms with Crippen LogP contribution in [-0.2, 0) is 9.53 Å². The molecule has 0 N–H and O–H groups in total. The average molecular weight is 212 g/mol. The largest absolute Gasteiger partial charge is 0.462 e. The molecular weight excluding hydrogens is 188 g/mol. The Morgan fingerprint density at radius 2 is 2.07 bits per heavy atom. The molecule has 1 unspecified atom stereocenters. The average Bonchev–Trinajstić information content (AvgIpc) is 2.27. The van der Waals surface area contributed by atoms with Gasteiger partial charge in [0.15, 0.2) is 0 Å². The van der Waals surface area contributed by atoms with Crippen LogP contribution >= 0.6 is 0 Å². The molecule has 0 fully saturated rings. The molecule has 0 aliphatic rings. The first-order valence-electron chi connectivity index (χ1n) is 5.95. The van der Waals surface area contributed by atoms with E-state index in [-0.39, 0.29) is 5.97 Å². The van der Waals surface area contributed by atoms with Crippen LogP contribution in [-0.4, -0.2) is 12.6 Å². The van der Waals surface area contributed by atoms with E-state index in [1.54, 1.807) is 13.0 Å². The molecule has 88 valence electrons. The lowest BCUT2D eigenvalue weighted by atomic mass is 10.0. The van der Waals surface area contributed by atoms with Gasteiger partial charge in [0.1, 0.15) is 0 Å². The Kier molecular flexibility index (Phi) is 8.06. The van der Waals surface area contributed by atoms with Crippen molar-refractivity contribution >= 4 is 5.97 Å². The third kappa shape index (κ3) is 6.32. The first-order valence-corrected chi connectivity index (χ1v) is 5.95. The summed E-state index contributed by atoms with van der Waals surface area (Å²) in [5.74, 6) is 0.353. The quantitative estimate of drug-likeness (QED) is 0.475. The highest BCUT2D eigenvalue weighted by Crippen LogP contribution is 2.13. The van der Waals surface area contributed by atoms with Crippen LogP contribution < -0.4 is 0 Å². The van der Waals surface area contributed by atoms with Crippen LogP contribution in [0, 0.1) is 5.92 Å². The number of hydrogen-bond acceptors (Lipinski definition) is 2. The van der Waals surface area contributed by atoms with Crippen molar-refractivity contribution in [3.8, 4) is 0 Å². The molecule has 0 saturated heterocycles. The van der Waals surface area contributed by atoms with E-state index in [2.05, 4.69) is 13.8 Å². The summed E-state index contributed by atoms with van der Waals surface area (Å²) in [5.41, 5.74) is 0.695. The summed E-state index contributed by atoms with van der Waals surface area (Å²) in [7, 11) is 0. The lowest BCUT2D eigenvalue weighted by Gasteiger charge is -2.14. The SMILES string of the molecule is C/C=C(\C)C(=O)OCC(CC)CCCC. The minimum absolute atomic E-state index is 0.174. The van der Waals surface area contributed by atoms with E-state index < -0.39 is 0 Å². The molecule has 0 amide bonds. The van der Waals surface area contributed by atoms with Gasteiger partial charge in [0.2, 0.25) is 0 Å². The Labute approximate surface area is 93.7 Å². The maximum Gasteiger partial charge on any atom is 0.333 e. The van der Waals surface area contributed by atoms with Crippen molar-refractivity contribution in [1.29, 1.82) is 0 Å². The number of esters is 1. The smallest absolute Gasteiger partial charge is 0.333 e. The first-order chi connectivity index (χ1) is 7.15. The van der Waals surface area contributed by atoms with Crippen molar-refractivity contribution < 1.29 is 9.53 Å². The van der Waals surface area contributed by atoms with Crippen molar-refractivity contribution in [2.24, 2.45) is 5.92 Å². The second-order valence-corrected chi connectivity index (χ2v) is 3.99. The van der Waals surface area contributed by atoms with E-state index in [4.69, 9.17) is 4.74 Å². The molecule has 0 aromatic carbocycles. The van der Waals surface area contributed by atoms with Crippen molar-refractivity contribution in [2.75, 3.05) is 6.61 Å². The Morgan fingerprint density at radius 3 is 2.53 bits per heavy atom. The molecule has 0 heterocycles. The lowest BCUT2D eigenvalue weighted by Crippen LogP contribution is -2.14. The van der Waals surface area contributed by atoms with Crippen LogP contribution in [0.4, 0.5) is 0 Å². The third-order valence-electron chi connectivity index (χ3n) is 2.75. The summed E-state index contributed by atoms with van der Waals surface area (Å²) in [5, 5.41) is 0. The summed E-state index contributed by atoms with van der Waals surface area (Å²) in [6.45, 7) is 8.54. The molecule has 2 heteroatoms. The van der Waals surface area contributed by atoms with E-state index >= 15 is 0 Å². The predicted molar refractivity (Wildman–Crippen MR) is 63.7 cm³/mol. The molecule has 2 nitrogen and oxygen atoms in total. The summed E-state index contributed by atoms with van der Waals surface area (Å²) in [6.07, 6.45) is 6.46. The minimum Gasteiger partial charge on any atom is -0.462 e. The number of carbonyl (C=O) groups is 1. The molecule has 1 atom stereocenters. The number of unbranched alkanes of at least 4 members (excludes halogenated alkanes) is 1. The number of carbonyl (C=O) groups excluding carboxylic acids is 1. The van der Waals surface area contributed by atoms with Gasteiger partial charge in [-0.3, -0.25) is 0 Å². The molecule has 0 aliphatic heterocycles. The van der Waals surface area contributed by atoms with Gasteiger partial charge in [-0.05, 0) is 26.2 Å². The highest BCUT2D eigenvalue weighted by molar-refractivity contribution is 5.87. The summed E-state index contributed by atoms with van der Waals surface area (Å²) in [4.78, 5) is 11.4. The summed E-state index contributed by atoms with van der Waals surface area (Å²) < 4.78 is 5.24. The zero-order chi connectivity index (χ0) is 11.7. The number of hydrogen-bond donors (Lipinski definition) is 0. The van der Waals surface area contributed by atoms with Gasteiger partial charge >= 0.3 is 5.97 Å². The molecule has 0 aromatic heterocycles. The van der Waals surface area contributed by atoms with Crippen LogP contribution in [0.1, 0.15) is 53.4 Å². The Bertz CT molecular complexity index is 207. The molecule has 15 heavy (non-hydrogen) atoms. The van der Waals surface area contributed by atoms with Crippen molar-refractivity contribution in [2.45, 2.75) is 53.4 Å². The van der Waals surface area contributed by atoms with Gasteiger partial charge in [0, 0.05) is 5.57 Å². The van der Waals surface area contributed by atoms with E-state index in [1.165, 1.54) is 12.8 Å². The number of allylic oxidation sites excluding steroid dienone is 1. The highest BCUT2D eigenvalue weighted by Gasteiger charge is 2.10. The molecule has 0 saturated carbocycles. The van der Waals surface area contributed by atoms with Crippen molar-refractivity contribution in [3.63, 3.8) is 0 Å². The molecule has 0 spiro atoms. The van der Waals surface area contributed by atoms with Gasteiger partial charge in [0.05, 0.1) is 6.61 Å². The van der Waals surface area contributed by atoms with E-state index in [0.29, 0.717) is 18.1 Å². The fourth-order valence-corrected chi connectivity index (χ4v) is 1.32. The van der Waals surface area contributed by atoms with E-state index in [1.807, 2.05) is 6.92 Å². The Balaban J connectivity index is 3.84. The predicted octanol–water partition coefficient (Wildman–Crippen LogP) is 3.71. The van der Waals surface area contributed by atoms with Gasteiger partial charge in [-0.25, -0.2) is 4.79 Å². The highest BCUT2D eigenvalue weighted by atomic mass is 16.5. The second kappa shape index (κ2) is 8.51. The van der Waals surface area contributed by atoms with Crippen LogP contribution in [0.5, 0.6) is 0 Å². The minimum atomic E-state index is -0.174. The fourth-order valence-electron chi connectivity index (χ4n) is 1.32. The van der Waals surface area contributed by atoms with Gasteiger partial charge < -0.3 is 4.74 Å². The zero-order valence-electron chi connectivity index (χ0n) is 10.5. The van der Waals surface area contributed by atoms with Crippen LogP contribution in [0.15, 0.2) is 11.6 Å². The molecule has 0 aliphatic carbocycles. The standard InChI is InChI=1S/C13H24O2/c1-5-8-9-12(7-3)10-15-13(14)11(4)6-2/h6,12H,5,7-10H2,1-4H3/b11-6+. The Morgan fingerprint density at radius 1 is 1.40 bits per heavy atom. The third-order valence-corrected chi connectivity index (χ3v) is 2.75. The van der Waals surface area contributed by atoms with Gasteiger partial charge in [-0.1, -0.05) is 39.2 Å². The van der Waals surface area contributed by atoms with Crippen LogP contribution in [0.25, 0.3) is 0 Å². The number of rotatable bonds is 7. The molecular formula is C13H24O2. The second-order valence-electron chi connectivity index (χ2n) is 3.99. The topological polar surface area (TPSA) is 26.3 Å². The number of ether oxygens (including phenoxy) is 1. The first kappa shape index (κ1) is 14.2. The molecule has 0 aromatic rings. The van der Waals surface area contributed by atoms with E-state index in [9.17, 15) is 4.79 Å². The molecule has 0 rings (SSSR count). The van der Waals surface area contributed by atoms with Crippen LogP contribution in [0.3, 0.4) is 0 Å². The Hall–Kier alpha value is -0.790. The molecule has 0 bridgehead atoms. The zero-order valence-corrected chi connectivity index (χ0v) is 10.5.